The maximum Gasteiger partial charge on any atom is 0.335 e. The minimum atomic E-state index is -0.993. The van der Waals surface area contributed by atoms with Crippen LogP contribution in [0, 0.1) is 17.2 Å². The molecule has 9 nitrogen and oxygen atoms in total. The van der Waals surface area contributed by atoms with Crippen LogP contribution in [0.1, 0.15) is 48.1 Å². The Morgan fingerprint density at radius 3 is 2.78 bits per heavy atom. The number of nitrogens with zero attached hydrogens (tertiary/aromatic N) is 4. The number of carbonyl (C=O) groups is 3. The molecule has 1 saturated carbocycles. The summed E-state index contributed by atoms with van der Waals surface area (Å²) in [5, 5.41) is 18.6. The van der Waals surface area contributed by atoms with Gasteiger partial charge in [-0.05, 0) is 49.8 Å². The Labute approximate surface area is 186 Å². The number of carboxylic acid groups (broad SMARTS) is 1. The molecular weight excluding hydrogens is 410 g/mol. The predicted octanol–water partition coefficient (Wildman–Crippen LogP) is 0.571. The lowest BCUT2D eigenvalue weighted by molar-refractivity contribution is -0.141. The Morgan fingerprint density at radius 1 is 1.31 bits per heavy atom. The Morgan fingerprint density at radius 2 is 2.09 bits per heavy atom. The summed E-state index contributed by atoms with van der Waals surface area (Å²) in [5.41, 5.74) is 7.25. The van der Waals surface area contributed by atoms with Crippen LogP contribution in [0.15, 0.2) is 24.3 Å². The maximum atomic E-state index is 13.2. The van der Waals surface area contributed by atoms with E-state index in [1.165, 1.54) is 6.07 Å². The second-order valence-corrected chi connectivity index (χ2v) is 9.51. The summed E-state index contributed by atoms with van der Waals surface area (Å²) in [7, 11) is 0. The van der Waals surface area contributed by atoms with Gasteiger partial charge in [0.25, 0.3) is 0 Å². The number of amides is 2. The number of aromatic carboxylic acids is 1. The third-order valence-electron chi connectivity index (χ3n) is 7.60. The Bertz CT molecular complexity index is 1020. The summed E-state index contributed by atoms with van der Waals surface area (Å²) >= 11 is 0. The quantitative estimate of drug-likeness (QED) is 0.665. The minimum absolute atomic E-state index is 0.00439. The number of hydrogen-bond acceptors (Lipinski definition) is 6. The number of carbonyl (C=O) groups excluding carboxylic acids is 2. The van der Waals surface area contributed by atoms with Crippen molar-refractivity contribution in [1.82, 2.24) is 14.7 Å². The molecule has 3 heterocycles. The van der Waals surface area contributed by atoms with Crippen LogP contribution in [0.25, 0.3) is 0 Å². The van der Waals surface area contributed by atoms with Crippen LogP contribution in [0.4, 0.5) is 0 Å². The highest BCUT2D eigenvalue weighted by atomic mass is 16.4. The van der Waals surface area contributed by atoms with Crippen molar-refractivity contribution in [3.05, 3.63) is 35.4 Å². The number of fused-ring (bicyclic) bond motifs is 3. The van der Waals surface area contributed by atoms with Crippen LogP contribution in [-0.2, 0) is 9.59 Å². The van der Waals surface area contributed by atoms with E-state index in [9.17, 15) is 24.8 Å². The van der Waals surface area contributed by atoms with Gasteiger partial charge in [0.15, 0.2) is 0 Å². The lowest BCUT2D eigenvalue weighted by Gasteiger charge is -2.38. The molecule has 4 aliphatic rings. The number of likely N-dealkylation sites (tertiary alicyclic amines) is 3. The molecule has 5 rings (SSSR count). The summed E-state index contributed by atoms with van der Waals surface area (Å²) in [5.74, 6) is -0.748. The predicted molar refractivity (Wildman–Crippen MR) is 113 cm³/mol. The molecule has 7 atom stereocenters. The fraction of sp³-hybridized carbons (Fsp3) is 0.565. The highest BCUT2D eigenvalue weighted by molar-refractivity contribution is 5.89. The normalized spacial score (nSPS) is 32.5. The van der Waals surface area contributed by atoms with Crippen molar-refractivity contribution in [2.75, 3.05) is 13.1 Å². The van der Waals surface area contributed by atoms with E-state index in [0.29, 0.717) is 25.4 Å². The standard InChI is InChI=1S/C23H27N5O4/c1-12(13-3-2-4-14(5-13)23(31)32)27-17-8-20(22(27)30)26(10-17)11-18(25)21(29)28-16(9-24)6-15-7-19(15)28/h2-5,12,15-20H,6-8,10-11,25H2,1H3,(H,31,32)/t12-,15-,16+,17?,18+,19+,20-/m1/s1. The summed E-state index contributed by atoms with van der Waals surface area (Å²) in [4.78, 5) is 42.9. The van der Waals surface area contributed by atoms with Gasteiger partial charge in [-0.25, -0.2) is 4.79 Å². The van der Waals surface area contributed by atoms with Gasteiger partial charge >= 0.3 is 5.97 Å². The molecule has 9 heteroatoms. The van der Waals surface area contributed by atoms with Crippen LogP contribution >= 0.6 is 0 Å². The highest BCUT2D eigenvalue weighted by Gasteiger charge is 2.56. The third-order valence-corrected chi connectivity index (χ3v) is 7.60. The van der Waals surface area contributed by atoms with Crippen molar-refractivity contribution in [2.24, 2.45) is 11.7 Å². The van der Waals surface area contributed by atoms with Gasteiger partial charge in [-0.15, -0.1) is 0 Å². The Kier molecular flexibility index (Phi) is 4.95. The van der Waals surface area contributed by atoms with Crippen molar-refractivity contribution in [2.45, 2.75) is 62.4 Å². The molecule has 32 heavy (non-hydrogen) atoms. The molecule has 0 spiro atoms. The lowest BCUT2D eigenvalue weighted by Crippen LogP contribution is -2.57. The molecule has 2 amide bonds. The fourth-order valence-corrected chi connectivity index (χ4v) is 5.90. The monoisotopic (exact) mass is 437 g/mol. The Hall–Kier alpha value is -2.96. The van der Waals surface area contributed by atoms with Crippen molar-refractivity contribution >= 4 is 17.8 Å². The summed E-state index contributed by atoms with van der Waals surface area (Å²) in [6.45, 7) is 2.85. The zero-order valence-electron chi connectivity index (χ0n) is 17.9. The molecule has 2 bridgehead atoms. The molecule has 3 saturated heterocycles. The maximum absolute atomic E-state index is 13.2. The molecule has 0 radical (unpaired) electrons. The number of carboxylic acids is 1. The Balaban J connectivity index is 1.24. The number of nitrogens with two attached hydrogens (primary N) is 1. The van der Waals surface area contributed by atoms with Crippen LogP contribution in [0.3, 0.4) is 0 Å². The number of nitriles is 1. The number of piperidine rings is 1. The van der Waals surface area contributed by atoms with E-state index in [-0.39, 0.29) is 47.6 Å². The van der Waals surface area contributed by atoms with Crippen molar-refractivity contribution in [3.8, 4) is 6.07 Å². The smallest absolute Gasteiger partial charge is 0.335 e. The van der Waals surface area contributed by atoms with Crippen molar-refractivity contribution < 1.29 is 19.5 Å². The van der Waals surface area contributed by atoms with E-state index < -0.39 is 12.0 Å². The van der Waals surface area contributed by atoms with Crippen molar-refractivity contribution in [3.63, 3.8) is 0 Å². The van der Waals surface area contributed by atoms with Gasteiger partial charge in [-0.1, -0.05) is 12.1 Å². The molecular formula is C23H27N5O4. The fourth-order valence-electron chi connectivity index (χ4n) is 5.90. The summed E-state index contributed by atoms with van der Waals surface area (Å²) in [6.07, 6.45) is 2.37. The van der Waals surface area contributed by atoms with Gasteiger partial charge in [-0.3, -0.25) is 14.5 Å². The molecule has 1 aromatic rings. The first kappa shape index (κ1) is 20.9. The lowest BCUT2D eigenvalue weighted by atomic mass is 10.0. The molecule has 1 aromatic carbocycles. The van der Waals surface area contributed by atoms with Gasteiger partial charge in [-0.2, -0.15) is 5.26 Å². The minimum Gasteiger partial charge on any atom is -0.478 e. The first-order valence-electron chi connectivity index (χ1n) is 11.2. The zero-order valence-corrected chi connectivity index (χ0v) is 17.9. The summed E-state index contributed by atoms with van der Waals surface area (Å²) < 4.78 is 0. The highest BCUT2D eigenvalue weighted by Crippen LogP contribution is 2.48. The van der Waals surface area contributed by atoms with E-state index in [0.717, 1.165) is 18.4 Å². The van der Waals surface area contributed by atoms with Crippen LogP contribution in [0.5, 0.6) is 0 Å². The van der Waals surface area contributed by atoms with E-state index in [1.54, 1.807) is 17.0 Å². The number of rotatable bonds is 6. The topological polar surface area (TPSA) is 131 Å². The van der Waals surface area contributed by atoms with Crippen LogP contribution < -0.4 is 5.73 Å². The SMILES string of the molecule is C[C@H](c1cccc(C(=O)O)c1)N1C(=O)[C@H]2CC1CN2C[C@H](N)C(=O)N1[C@H](C#N)C[C@@H]2C[C@@H]21. The number of hydrogen-bond donors (Lipinski definition) is 2. The van der Waals surface area contributed by atoms with Gasteiger partial charge in [0.1, 0.15) is 6.04 Å². The van der Waals surface area contributed by atoms with E-state index >= 15 is 0 Å². The number of piperazine rings is 1. The van der Waals surface area contributed by atoms with Gasteiger partial charge < -0.3 is 20.6 Å². The first-order valence-corrected chi connectivity index (χ1v) is 11.2. The largest absolute Gasteiger partial charge is 0.478 e. The molecule has 3 N–H and O–H groups in total. The van der Waals surface area contributed by atoms with Gasteiger partial charge in [0, 0.05) is 25.2 Å². The molecule has 4 fully saturated rings. The third kappa shape index (κ3) is 3.26. The second kappa shape index (κ2) is 7.57. The average molecular weight is 438 g/mol. The average Bonchev–Trinajstić information content (AvgIpc) is 3.11. The first-order chi connectivity index (χ1) is 15.3. The molecule has 168 valence electrons. The van der Waals surface area contributed by atoms with Gasteiger partial charge in [0.2, 0.25) is 11.8 Å². The van der Waals surface area contributed by atoms with Gasteiger partial charge in [0.05, 0.1) is 29.8 Å². The van der Waals surface area contributed by atoms with Crippen LogP contribution in [0.2, 0.25) is 0 Å². The summed E-state index contributed by atoms with van der Waals surface area (Å²) in [6, 6.07) is 7.39. The van der Waals surface area contributed by atoms with Crippen LogP contribution in [-0.4, -0.2) is 80.9 Å². The molecule has 3 aliphatic heterocycles. The number of benzene rings is 1. The molecule has 1 unspecified atom stereocenters. The van der Waals surface area contributed by atoms with E-state index in [1.807, 2.05) is 22.8 Å². The second-order valence-electron chi connectivity index (χ2n) is 9.51. The molecule has 0 aromatic heterocycles. The van der Waals surface area contributed by atoms with Crippen molar-refractivity contribution in [1.29, 1.82) is 5.26 Å². The zero-order chi connectivity index (χ0) is 22.7. The molecule has 1 aliphatic carbocycles. The van der Waals surface area contributed by atoms with E-state index in [4.69, 9.17) is 5.73 Å². The van der Waals surface area contributed by atoms with E-state index in [2.05, 4.69) is 6.07 Å².